The van der Waals surface area contributed by atoms with Crippen molar-refractivity contribution in [1.82, 2.24) is 14.5 Å². The number of amides is 1. The molecule has 0 aliphatic heterocycles. The van der Waals surface area contributed by atoms with Gasteiger partial charge in [-0.15, -0.1) is 11.3 Å². The van der Waals surface area contributed by atoms with E-state index in [4.69, 9.17) is 4.98 Å². The number of hydrogen-bond donors (Lipinski definition) is 0. The molecule has 1 aliphatic carbocycles. The van der Waals surface area contributed by atoms with E-state index in [1.165, 1.54) is 28.6 Å². The first-order valence-electron chi connectivity index (χ1n) is 8.93. The summed E-state index contributed by atoms with van der Waals surface area (Å²) in [5.74, 6) is 0.309. The maximum absolute atomic E-state index is 12.9. The Morgan fingerprint density at radius 1 is 1.37 bits per heavy atom. The van der Waals surface area contributed by atoms with E-state index < -0.39 is 0 Å². The second kappa shape index (κ2) is 7.77. The molecule has 142 valence electrons. The molecule has 3 aromatic heterocycles. The van der Waals surface area contributed by atoms with Gasteiger partial charge in [0.2, 0.25) is 5.91 Å². The zero-order valence-electron chi connectivity index (χ0n) is 15.4. The summed E-state index contributed by atoms with van der Waals surface area (Å²) in [4.78, 5) is 33.9. The summed E-state index contributed by atoms with van der Waals surface area (Å²) in [5.41, 5.74) is 2.36. The minimum atomic E-state index is 0.0148. The van der Waals surface area contributed by atoms with Crippen molar-refractivity contribution in [1.29, 1.82) is 0 Å². The molecule has 0 atom stereocenters. The van der Waals surface area contributed by atoms with Gasteiger partial charge >= 0.3 is 0 Å². The number of thiophene rings is 2. The van der Waals surface area contributed by atoms with Crippen LogP contribution < -0.4 is 5.56 Å². The quantitative estimate of drug-likeness (QED) is 0.468. The van der Waals surface area contributed by atoms with E-state index in [0.29, 0.717) is 11.7 Å². The Bertz CT molecular complexity index is 1040. The molecule has 0 saturated carbocycles. The summed E-state index contributed by atoms with van der Waals surface area (Å²) in [6, 6.07) is 2.03. The van der Waals surface area contributed by atoms with Gasteiger partial charge in [-0.25, -0.2) is 4.98 Å². The van der Waals surface area contributed by atoms with Gasteiger partial charge in [0.15, 0.2) is 5.16 Å². The molecular weight excluding hydrogens is 398 g/mol. The van der Waals surface area contributed by atoms with Crippen molar-refractivity contribution in [2.75, 3.05) is 12.8 Å². The largest absolute Gasteiger partial charge is 0.341 e. The summed E-state index contributed by atoms with van der Waals surface area (Å²) in [5, 5.41) is 5.47. The van der Waals surface area contributed by atoms with Crippen molar-refractivity contribution in [3.05, 3.63) is 43.2 Å². The van der Waals surface area contributed by atoms with Crippen LogP contribution in [0.2, 0.25) is 0 Å². The number of nitrogens with zero attached hydrogens (tertiary/aromatic N) is 3. The number of aryl methyl sites for hydroxylation is 2. The number of fused-ring (bicyclic) bond motifs is 3. The standard InChI is InChI=1S/C19H21N3O2S3/c1-21(9-12-7-8-25-10-12)15(23)11-26-19-20-17-16(18(24)22(19)2)13-5-3-4-6-14(13)27-17/h7-8,10H,3-6,9,11H2,1-2H3. The van der Waals surface area contributed by atoms with E-state index in [0.717, 1.165) is 35.0 Å². The van der Waals surface area contributed by atoms with Crippen molar-refractivity contribution in [2.24, 2.45) is 7.05 Å². The van der Waals surface area contributed by atoms with Crippen LogP contribution in [0.3, 0.4) is 0 Å². The molecule has 27 heavy (non-hydrogen) atoms. The minimum Gasteiger partial charge on any atom is -0.341 e. The number of carbonyl (C=O) groups excluding carboxylic acids is 1. The fourth-order valence-electron chi connectivity index (χ4n) is 3.38. The molecule has 0 unspecified atom stereocenters. The SMILES string of the molecule is CN(Cc1ccsc1)C(=O)CSc1nc2sc3c(c2c(=O)n1C)CCCC3. The molecule has 4 rings (SSSR count). The number of aromatic nitrogens is 2. The lowest BCUT2D eigenvalue weighted by molar-refractivity contribution is -0.127. The monoisotopic (exact) mass is 419 g/mol. The molecule has 0 radical (unpaired) electrons. The summed E-state index contributed by atoms with van der Waals surface area (Å²) < 4.78 is 1.60. The molecule has 1 aliphatic rings. The van der Waals surface area contributed by atoms with Crippen LogP contribution in [-0.4, -0.2) is 33.2 Å². The molecule has 0 fully saturated rings. The van der Waals surface area contributed by atoms with E-state index in [9.17, 15) is 9.59 Å². The normalized spacial score (nSPS) is 13.7. The minimum absolute atomic E-state index is 0.0148. The predicted molar refractivity (Wildman–Crippen MR) is 113 cm³/mol. The second-order valence-electron chi connectivity index (χ2n) is 6.82. The third-order valence-electron chi connectivity index (χ3n) is 4.91. The van der Waals surface area contributed by atoms with Gasteiger partial charge in [0, 0.05) is 25.5 Å². The van der Waals surface area contributed by atoms with E-state index in [-0.39, 0.29) is 17.2 Å². The Morgan fingerprint density at radius 2 is 2.19 bits per heavy atom. The smallest absolute Gasteiger partial charge is 0.262 e. The van der Waals surface area contributed by atoms with Gasteiger partial charge < -0.3 is 4.90 Å². The van der Waals surface area contributed by atoms with Crippen molar-refractivity contribution in [3.8, 4) is 0 Å². The van der Waals surface area contributed by atoms with E-state index in [1.807, 2.05) is 18.5 Å². The van der Waals surface area contributed by atoms with Crippen molar-refractivity contribution >= 4 is 50.6 Å². The highest BCUT2D eigenvalue weighted by Gasteiger charge is 2.21. The average Bonchev–Trinajstić information content (AvgIpc) is 3.30. The highest BCUT2D eigenvalue weighted by Crippen LogP contribution is 2.34. The molecule has 0 bridgehead atoms. The van der Waals surface area contributed by atoms with Gasteiger partial charge in [-0.05, 0) is 53.6 Å². The van der Waals surface area contributed by atoms with Crippen molar-refractivity contribution in [2.45, 2.75) is 37.4 Å². The molecule has 5 nitrogen and oxygen atoms in total. The topological polar surface area (TPSA) is 55.2 Å². The Kier molecular flexibility index (Phi) is 5.39. The van der Waals surface area contributed by atoms with Gasteiger partial charge in [0.25, 0.3) is 5.56 Å². The molecular formula is C19H21N3O2S3. The van der Waals surface area contributed by atoms with Crippen molar-refractivity contribution in [3.63, 3.8) is 0 Å². The number of rotatable bonds is 5. The van der Waals surface area contributed by atoms with Crippen LogP contribution in [0.1, 0.15) is 28.8 Å². The predicted octanol–water partition coefficient (Wildman–Crippen LogP) is 3.69. The Hall–Kier alpha value is -1.64. The van der Waals surface area contributed by atoms with E-state index in [2.05, 4.69) is 5.38 Å². The van der Waals surface area contributed by atoms with Crippen LogP contribution in [0.25, 0.3) is 10.2 Å². The zero-order chi connectivity index (χ0) is 19.0. The molecule has 3 heterocycles. The van der Waals surface area contributed by atoms with Gasteiger partial charge in [-0.1, -0.05) is 11.8 Å². The third-order valence-corrected chi connectivity index (χ3v) is 7.84. The van der Waals surface area contributed by atoms with Crippen LogP contribution >= 0.6 is 34.4 Å². The Morgan fingerprint density at radius 3 is 2.96 bits per heavy atom. The lowest BCUT2D eigenvalue weighted by Crippen LogP contribution is -2.28. The maximum Gasteiger partial charge on any atom is 0.262 e. The van der Waals surface area contributed by atoms with Crippen LogP contribution in [0.4, 0.5) is 0 Å². The Labute approximate surface area is 170 Å². The average molecular weight is 420 g/mol. The summed E-state index contributed by atoms with van der Waals surface area (Å²) in [6.07, 6.45) is 4.36. The number of carbonyl (C=O) groups is 1. The second-order valence-corrected chi connectivity index (χ2v) is 9.63. The molecule has 0 N–H and O–H groups in total. The van der Waals surface area contributed by atoms with Crippen LogP contribution in [0.15, 0.2) is 26.8 Å². The first-order chi connectivity index (χ1) is 13.0. The molecule has 3 aromatic rings. The fraction of sp³-hybridized carbons (Fsp3) is 0.421. The Balaban J connectivity index is 1.53. The first kappa shape index (κ1) is 18.7. The molecule has 8 heteroatoms. The maximum atomic E-state index is 12.9. The van der Waals surface area contributed by atoms with Crippen LogP contribution in [-0.2, 0) is 31.2 Å². The van der Waals surface area contributed by atoms with Crippen LogP contribution in [0.5, 0.6) is 0 Å². The lowest BCUT2D eigenvalue weighted by atomic mass is 9.97. The molecule has 0 spiro atoms. The molecule has 0 saturated heterocycles. The highest BCUT2D eigenvalue weighted by atomic mass is 32.2. The zero-order valence-corrected chi connectivity index (χ0v) is 17.8. The van der Waals surface area contributed by atoms with Gasteiger partial charge in [-0.3, -0.25) is 14.2 Å². The highest BCUT2D eigenvalue weighted by molar-refractivity contribution is 7.99. The van der Waals surface area contributed by atoms with Gasteiger partial charge in [0.05, 0.1) is 11.1 Å². The van der Waals surface area contributed by atoms with Crippen molar-refractivity contribution < 1.29 is 4.79 Å². The third kappa shape index (κ3) is 3.70. The molecule has 1 amide bonds. The fourth-order valence-corrected chi connectivity index (χ4v) is 6.25. The van der Waals surface area contributed by atoms with E-state index >= 15 is 0 Å². The lowest BCUT2D eigenvalue weighted by Gasteiger charge is -2.16. The van der Waals surface area contributed by atoms with Crippen LogP contribution in [0, 0.1) is 0 Å². The summed E-state index contributed by atoms with van der Waals surface area (Å²) in [7, 11) is 3.56. The number of thioether (sulfide) groups is 1. The number of hydrogen-bond acceptors (Lipinski definition) is 6. The first-order valence-corrected chi connectivity index (χ1v) is 11.7. The summed E-state index contributed by atoms with van der Waals surface area (Å²) >= 11 is 4.62. The molecule has 0 aromatic carbocycles. The van der Waals surface area contributed by atoms with E-state index in [1.54, 1.807) is 39.2 Å². The van der Waals surface area contributed by atoms with Gasteiger partial charge in [0.1, 0.15) is 4.83 Å². The summed E-state index contributed by atoms with van der Waals surface area (Å²) in [6.45, 7) is 0.603. The van der Waals surface area contributed by atoms with Gasteiger partial charge in [-0.2, -0.15) is 11.3 Å².